The summed E-state index contributed by atoms with van der Waals surface area (Å²) in [5.74, 6) is -0.291. The molecule has 2 aromatic rings. The van der Waals surface area contributed by atoms with Crippen LogP contribution < -0.4 is 10.0 Å². The molecule has 0 spiro atoms. The number of sulfonamides is 1. The number of benzene rings is 2. The van der Waals surface area contributed by atoms with Gasteiger partial charge in [-0.05, 0) is 42.8 Å². The number of amides is 1. The maximum absolute atomic E-state index is 12.5. The molecule has 0 unspecified atom stereocenters. The lowest BCUT2D eigenvalue weighted by molar-refractivity contribution is 0.0692. The molecule has 0 aliphatic rings. The quantitative estimate of drug-likeness (QED) is 0.605. The smallest absolute Gasteiger partial charge is 0.261 e. The van der Waals surface area contributed by atoms with Crippen molar-refractivity contribution in [2.24, 2.45) is 0 Å². The summed E-state index contributed by atoms with van der Waals surface area (Å²) in [7, 11) is -2.13. The summed E-state index contributed by atoms with van der Waals surface area (Å²) in [4.78, 5) is 12.2. The summed E-state index contributed by atoms with van der Waals surface area (Å²) in [5, 5.41) is 2.71. The largest absolute Gasteiger partial charge is 0.382 e. The minimum absolute atomic E-state index is 0.0882. The van der Waals surface area contributed by atoms with E-state index in [0.717, 1.165) is 5.56 Å². The van der Waals surface area contributed by atoms with E-state index in [1.807, 2.05) is 19.1 Å². The van der Waals surface area contributed by atoms with Crippen LogP contribution in [0.2, 0.25) is 0 Å². The summed E-state index contributed by atoms with van der Waals surface area (Å²) in [5.41, 5.74) is 1.72. The third-order valence-electron chi connectivity index (χ3n) is 3.78. The second-order valence-electron chi connectivity index (χ2n) is 5.81. The number of carbonyl (C=O) groups is 1. The van der Waals surface area contributed by atoms with Gasteiger partial charge in [0.2, 0.25) is 0 Å². The van der Waals surface area contributed by atoms with Gasteiger partial charge in [0, 0.05) is 19.2 Å². The molecule has 7 nitrogen and oxygen atoms in total. The highest BCUT2D eigenvalue weighted by molar-refractivity contribution is 7.92. The Hall–Kier alpha value is -2.42. The summed E-state index contributed by atoms with van der Waals surface area (Å²) >= 11 is 0. The molecular formula is C19H24N2O5S. The van der Waals surface area contributed by atoms with E-state index in [0.29, 0.717) is 37.6 Å². The molecule has 0 heterocycles. The van der Waals surface area contributed by atoms with Crippen molar-refractivity contribution >= 4 is 21.6 Å². The van der Waals surface area contributed by atoms with Gasteiger partial charge >= 0.3 is 0 Å². The second-order valence-corrected chi connectivity index (χ2v) is 7.49. The molecule has 27 heavy (non-hydrogen) atoms. The molecule has 0 radical (unpaired) electrons. The van der Waals surface area contributed by atoms with Gasteiger partial charge in [-0.15, -0.1) is 0 Å². The lowest BCUT2D eigenvalue weighted by Gasteiger charge is -2.11. The van der Waals surface area contributed by atoms with E-state index in [1.165, 1.54) is 24.3 Å². The average Bonchev–Trinajstić information content (AvgIpc) is 2.66. The van der Waals surface area contributed by atoms with Gasteiger partial charge in [-0.3, -0.25) is 9.52 Å². The number of carbonyl (C=O) groups excluding carboxylic acids is 1. The summed E-state index contributed by atoms with van der Waals surface area (Å²) in [6, 6.07) is 12.9. The number of ether oxygens (including phenoxy) is 2. The molecule has 0 saturated carbocycles. The second kappa shape index (κ2) is 10.1. The minimum Gasteiger partial charge on any atom is -0.382 e. The van der Waals surface area contributed by atoms with Crippen LogP contribution in [0.4, 0.5) is 5.69 Å². The zero-order chi connectivity index (χ0) is 19.7. The molecule has 0 aromatic heterocycles. The van der Waals surface area contributed by atoms with Crippen LogP contribution in [0.15, 0.2) is 53.4 Å². The molecule has 146 valence electrons. The fraction of sp³-hybridized carbons (Fsp3) is 0.316. The molecule has 0 atom stereocenters. The minimum atomic E-state index is -3.72. The van der Waals surface area contributed by atoms with Crippen LogP contribution in [0.5, 0.6) is 0 Å². The third-order valence-corrected chi connectivity index (χ3v) is 5.16. The van der Waals surface area contributed by atoms with Crippen molar-refractivity contribution in [2.75, 3.05) is 38.2 Å². The van der Waals surface area contributed by atoms with Gasteiger partial charge in [-0.2, -0.15) is 0 Å². The van der Waals surface area contributed by atoms with E-state index >= 15 is 0 Å². The van der Waals surface area contributed by atoms with Crippen LogP contribution in [-0.4, -0.2) is 47.8 Å². The number of para-hydroxylation sites is 1. The Balaban J connectivity index is 1.93. The average molecular weight is 392 g/mol. The van der Waals surface area contributed by atoms with E-state index in [4.69, 9.17) is 9.47 Å². The SMILES string of the molecule is COCCOCCNC(=O)c1ccc(S(=O)(=O)Nc2ccccc2C)cc1. The summed E-state index contributed by atoms with van der Waals surface area (Å²) in [6.07, 6.45) is 0. The monoisotopic (exact) mass is 392 g/mol. The van der Waals surface area contributed by atoms with Gasteiger partial charge in [0.05, 0.1) is 30.4 Å². The van der Waals surface area contributed by atoms with Crippen LogP contribution in [0.1, 0.15) is 15.9 Å². The molecule has 2 N–H and O–H groups in total. The Morgan fingerprint density at radius 2 is 1.70 bits per heavy atom. The first kappa shape index (κ1) is 20.9. The van der Waals surface area contributed by atoms with Crippen LogP contribution in [0.3, 0.4) is 0 Å². The molecular weight excluding hydrogens is 368 g/mol. The highest BCUT2D eigenvalue weighted by Crippen LogP contribution is 2.19. The first-order chi connectivity index (χ1) is 12.9. The summed E-state index contributed by atoms with van der Waals surface area (Å²) in [6.45, 7) is 3.52. The van der Waals surface area contributed by atoms with Gasteiger partial charge in [-0.1, -0.05) is 18.2 Å². The van der Waals surface area contributed by atoms with Gasteiger partial charge in [0.1, 0.15) is 0 Å². The molecule has 2 rings (SSSR count). The van der Waals surface area contributed by atoms with E-state index in [2.05, 4.69) is 10.0 Å². The van der Waals surface area contributed by atoms with Crippen molar-refractivity contribution in [1.82, 2.24) is 5.32 Å². The van der Waals surface area contributed by atoms with Crippen LogP contribution in [0, 0.1) is 6.92 Å². The number of nitrogens with one attached hydrogen (secondary N) is 2. The van der Waals surface area contributed by atoms with Crippen molar-refractivity contribution in [1.29, 1.82) is 0 Å². The standard InChI is InChI=1S/C19H24N2O5S/c1-15-5-3-4-6-18(15)21-27(23,24)17-9-7-16(8-10-17)19(22)20-11-12-26-14-13-25-2/h3-10,21H,11-14H2,1-2H3,(H,20,22). The topological polar surface area (TPSA) is 93.7 Å². The van der Waals surface area contributed by atoms with Crippen molar-refractivity contribution in [2.45, 2.75) is 11.8 Å². The maximum atomic E-state index is 12.5. The number of hydrogen-bond donors (Lipinski definition) is 2. The predicted molar refractivity (Wildman–Crippen MR) is 103 cm³/mol. The van der Waals surface area contributed by atoms with Gasteiger partial charge in [0.25, 0.3) is 15.9 Å². The number of rotatable bonds is 10. The zero-order valence-electron chi connectivity index (χ0n) is 15.4. The Morgan fingerprint density at radius 1 is 1.00 bits per heavy atom. The predicted octanol–water partition coefficient (Wildman–Crippen LogP) is 2.19. The van der Waals surface area contributed by atoms with Crippen molar-refractivity contribution < 1.29 is 22.7 Å². The fourth-order valence-electron chi connectivity index (χ4n) is 2.26. The molecule has 0 bridgehead atoms. The number of methoxy groups -OCH3 is 1. The fourth-order valence-corrected chi connectivity index (χ4v) is 3.39. The molecule has 1 amide bonds. The van der Waals surface area contributed by atoms with E-state index in [9.17, 15) is 13.2 Å². The molecule has 0 aliphatic heterocycles. The molecule has 2 aromatic carbocycles. The van der Waals surface area contributed by atoms with Crippen molar-refractivity contribution in [3.05, 3.63) is 59.7 Å². The normalized spacial score (nSPS) is 11.2. The number of aryl methyl sites for hydroxylation is 1. The van der Waals surface area contributed by atoms with Gasteiger partial charge in [0.15, 0.2) is 0 Å². The van der Waals surface area contributed by atoms with Gasteiger partial charge < -0.3 is 14.8 Å². The van der Waals surface area contributed by atoms with Crippen LogP contribution in [-0.2, 0) is 19.5 Å². The number of hydrogen-bond acceptors (Lipinski definition) is 5. The zero-order valence-corrected chi connectivity index (χ0v) is 16.2. The number of anilines is 1. The van der Waals surface area contributed by atoms with Gasteiger partial charge in [-0.25, -0.2) is 8.42 Å². The van der Waals surface area contributed by atoms with Crippen LogP contribution >= 0.6 is 0 Å². The molecule has 8 heteroatoms. The maximum Gasteiger partial charge on any atom is 0.261 e. The Labute approximate surface area is 159 Å². The summed E-state index contributed by atoms with van der Waals surface area (Å²) < 4.78 is 37.7. The first-order valence-corrected chi connectivity index (χ1v) is 9.96. The Kier molecular flexibility index (Phi) is 7.78. The van der Waals surface area contributed by atoms with Crippen molar-refractivity contribution in [3.8, 4) is 0 Å². The van der Waals surface area contributed by atoms with E-state index in [-0.39, 0.29) is 10.8 Å². The van der Waals surface area contributed by atoms with Crippen LogP contribution in [0.25, 0.3) is 0 Å². The van der Waals surface area contributed by atoms with Crippen molar-refractivity contribution in [3.63, 3.8) is 0 Å². The lowest BCUT2D eigenvalue weighted by atomic mass is 10.2. The molecule has 0 fully saturated rings. The Morgan fingerprint density at radius 3 is 2.37 bits per heavy atom. The third kappa shape index (κ3) is 6.35. The lowest BCUT2D eigenvalue weighted by Crippen LogP contribution is -2.27. The Bertz CT molecular complexity index is 851. The highest BCUT2D eigenvalue weighted by atomic mass is 32.2. The molecule has 0 saturated heterocycles. The first-order valence-electron chi connectivity index (χ1n) is 8.47. The van der Waals surface area contributed by atoms with E-state index < -0.39 is 10.0 Å². The highest BCUT2D eigenvalue weighted by Gasteiger charge is 2.16. The van der Waals surface area contributed by atoms with E-state index in [1.54, 1.807) is 19.2 Å². The molecule has 0 aliphatic carbocycles.